The summed E-state index contributed by atoms with van der Waals surface area (Å²) in [5, 5.41) is 0. The summed E-state index contributed by atoms with van der Waals surface area (Å²) < 4.78 is 18.0. The fourth-order valence-electron chi connectivity index (χ4n) is 2.80. The van der Waals surface area contributed by atoms with Gasteiger partial charge in [-0.15, -0.1) is 0 Å². The number of fused-ring (bicyclic) bond motifs is 3. The Morgan fingerprint density at radius 2 is 2.00 bits per heavy atom. The van der Waals surface area contributed by atoms with Crippen molar-refractivity contribution < 1.29 is 13.9 Å². The highest BCUT2D eigenvalue weighted by Gasteiger charge is 2.45. The normalized spacial score (nSPS) is 43.2. The van der Waals surface area contributed by atoms with E-state index in [0.29, 0.717) is 12.8 Å². The lowest BCUT2D eigenvalue weighted by molar-refractivity contribution is -0.153. The monoisotopic (exact) mass is 186 g/mol. The first-order valence-corrected chi connectivity index (χ1v) is 4.94. The van der Waals surface area contributed by atoms with Gasteiger partial charge in [-0.2, -0.15) is 0 Å². The maximum atomic E-state index is 13.3. The number of carbonyl (C=O) groups is 1. The summed E-state index contributed by atoms with van der Waals surface area (Å²) in [6.07, 6.45) is 2.58. The lowest BCUT2D eigenvalue weighted by atomic mass is 9.64. The number of halogens is 1. The second kappa shape index (κ2) is 3.28. The molecule has 74 valence electrons. The minimum Gasteiger partial charge on any atom is -0.469 e. The molecule has 0 unspecified atom stereocenters. The number of esters is 1. The van der Waals surface area contributed by atoms with Gasteiger partial charge >= 0.3 is 5.97 Å². The Bertz CT molecular complexity index is 217. The maximum Gasteiger partial charge on any atom is 0.308 e. The number of hydrogen-bond donors (Lipinski definition) is 0. The van der Waals surface area contributed by atoms with Crippen LogP contribution in [0.5, 0.6) is 0 Å². The van der Waals surface area contributed by atoms with Crippen LogP contribution in [0.4, 0.5) is 4.39 Å². The predicted molar refractivity (Wildman–Crippen MR) is 45.9 cm³/mol. The standard InChI is InChI=1S/C10H15FO2/c1-13-10(12)8-4-7-3-2-6(8)5-9(7)11/h6-9H,2-5H2,1H3/t6-,7-,8+,9+/m0/s1. The van der Waals surface area contributed by atoms with Crippen molar-refractivity contribution in [1.29, 1.82) is 0 Å². The maximum absolute atomic E-state index is 13.3. The zero-order valence-corrected chi connectivity index (χ0v) is 7.83. The topological polar surface area (TPSA) is 26.3 Å². The molecule has 2 bridgehead atoms. The van der Waals surface area contributed by atoms with Gasteiger partial charge in [-0.3, -0.25) is 4.79 Å². The number of rotatable bonds is 1. The van der Waals surface area contributed by atoms with Gasteiger partial charge in [0.15, 0.2) is 0 Å². The SMILES string of the molecule is COC(=O)[C@@H]1C[C@@H]2CC[C@H]1C[C@H]2F. The quantitative estimate of drug-likeness (QED) is 0.585. The molecule has 0 aromatic heterocycles. The van der Waals surface area contributed by atoms with Crippen molar-refractivity contribution in [3.05, 3.63) is 0 Å². The molecule has 0 saturated heterocycles. The van der Waals surface area contributed by atoms with Crippen LogP contribution in [0.1, 0.15) is 25.7 Å². The largest absolute Gasteiger partial charge is 0.469 e. The van der Waals surface area contributed by atoms with E-state index in [9.17, 15) is 9.18 Å². The summed E-state index contributed by atoms with van der Waals surface area (Å²) in [5.74, 6) is 0.207. The molecule has 0 N–H and O–H groups in total. The lowest BCUT2D eigenvalue weighted by Gasteiger charge is -2.42. The molecule has 13 heavy (non-hydrogen) atoms. The second-order valence-electron chi connectivity index (χ2n) is 4.21. The van der Waals surface area contributed by atoms with Crippen molar-refractivity contribution in [3.63, 3.8) is 0 Å². The van der Waals surface area contributed by atoms with Crippen LogP contribution in [0.25, 0.3) is 0 Å². The third kappa shape index (κ3) is 1.45. The Kier molecular flexibility index (Phi) is 2.26. The molecule has 0 aromatic carbocycles. The van der Waals surface area contributed by atoms with E-state index in [1.807, 2.05) is 0 Å². The Balaban J connectivity index is 2.06. The number of alkyl halides is 1. The average Bonchev–Trinajstić information content (AvgIpc) is 2.17. The fourth-order valence-corrected chi connectivity index (χ4v) is 2.80. The summed E-state index contributed by atoms with van der Waals surface area (Å²) in [7, 11) is 1.41. The van der Waals surface area contributed by atoms with Gasteiger partial charge in [-0.1, -0.05) is 0 Å². The molecule has 0 aliphatic heterocycles. The molecule has 3 aliphatic carbocycles. The van der Waals surface area contributed by atoms with E-state index in [2.05, 4.69) is 0 Å². The second-order valence-corrected chi connectivity index (χ2v) is 4.21. The Labute approximate surface area is 77.5 Å². The van der Waals surface area contributed by atoms with Gasteiger partial charge < -0.3 is 4.74 Å². The molecule has 4 atom stereocenters. The number of ether oxygens (including phenoxy) is 1. The minimum atomic E-state index is -0.667. The molecular formula is C10H15FO2. The summed E-state index contributed by atoms with van der Waals surface area (Å²) >= 11 is 0. The minimum absolute atomic E-state index is 0.0178. The highest BCUT2D eigenvalue weighted by atomic mass is 19.1. The van der Waals surface area contributed by atoms with Crippen LogP contribution in [0.15, 0.2) is 0 Å². The molecule has 0 heterocycles. The smallest absolute Gasteiger partial charge is 0.308 e. The Morgan fingerprint density at radius 3 is 2.46 bits per heavy atom. The molecule has 3 aliphatic rings. The lowest BCUT2D eigenvalue weighted by Crippen LogP contribution is -2.42. The summed E-state index contributed by atoms with van der Waals surface area (Å²) in [6.45, 7) is 0. The van der Waals surface area contributed by atoms with Gasteiger partial charge in [-0.25, -0.2) is 4.39 Å². The molecule has 3 rings (SSSR count). The zero-order valence-electron chi connectivity index (χ0n) is 7.83. The molecule has 3 saturated carbocycles. The van der Waals surface area contributed by atoms with Gasteiger partial charge in [0.1, 0.15) is 6.17 Å². The van der Waals surface area contributed by atoms with E-state index in [0.717, 1.165) is 12.8 Å². The van der Waals surface area contributed by atoms with Gasteiger partial charge in [0.25, 0.3) is 0 Å². The summed E-state index contributed by atoms with van der Waals surface area (Å²) in [5.41, 5.74) is 0. The zero-order chi connectivity index (χ0) is 9.42. The average molecular weight is 186 g/mol. The van der Waals surface area contributed by atoms with Crippen LogP contribution >= 0.6 is 0 Å². The van der Waals surface area contributed by atoms with E-state index in [4.69, 9.17) is 4.74 Å². The van der Waals surface area contributed by atoms with E-state index in [1.165, 1.54) is 7.11 Å². The van der Waals surface area contributed by atoms with Gasteiger partial charge in [0.2, 0.25) is 0 Å². The van der Waals surface area contributed by atoms with Crippen molar-refractivity contribution in [2.45, 2.75) is 31.9 Å². The number of carbonyl (C=O) groups excluding carboxylic acids is 1. The molecule has 2 nitrogen and oxygen atoms in total. The van der Waals surface area contributed by atoms with E-state index < -0.39 is 6.17 Å². The van der Waals surface area contributed by atoms with Crippen LogP contribution in [0, 0.1) is 17.8 Å². The first-order valence-electron chi connectivity index (χ1n) is 4.94. The first kappa shape index (κ1) is 8.97. The number of methoxy groups -OCH3 is 1. The highest BCUT2D eigenvalue weighted by Crippen LogP contribution is 2.46. The van der Waals surface area contributed by atoms with Crippen molar-refractivity contribution in [1.82, 2.24) is 0 Å². The molecule has 3 fully saturated rings. The first-order chi connectivity index (χ1) is 6.22. The van der Waals surface area contributed by atoms with E-state index in [-0.39, 0.29) is 23.7 Å². The van der Waals surface area contributed by atoms with Gasteiger partial charge in [0.05, 0.1) is 13.0 Å². The van der Waals surface area contributed by atoms with Crippen LogP contribution in [0.3, 0.4) is 0 Å². The third-order valence-electron chi connectivity index (χ3n) is 3.58. The predicted octanol–water partition coefficient (Wildman–Crippen LogP) is 1.93. The fraction of sp³-hybridized carbons (Fsp3) is 0.900. The van der Waals surface area contributed by atoms with Crippen LogP contribution in [-0.2, 0) is 9.53 Å². The Hall–Kier alpha value is -0.600. The van der Waals surface area contributed by atoms with E-state index >= 15 is 0 Å². The summed E-state index contributed by atoms with van der Waals surface area (Å²) in [6, 6.07) is 0. The van der Waals surface area contributed by atoms with Crippen LogP contribution in [-0.4, -0.2) is 19.3 Å². The molecule has 3 heteroatoms. The van der Waals surface area contributed by atoms with Crippen LogP contribution in [0.2, 0.25) is 0 Å². The molecular weight excluding hydrogens is 171 g/mol. The van der Waals surface area contributed by atoms with Gasteiger partial charge in [-0.05, 0) is 37.5 Å². The van der Waals surface area contributed by atoms with E-state index in [1.54, 1.807) is 0 Å². The van der Waals surface area contributed by atoms with Crippen molar-refractivity contribution in [2.75, 3.05) is 7.11 Å². The molecule has 0 aromatic rings. The van der Waals surface area contributed by atoms with Crippen molar-refractivity contribution in [3.8, 4) is 0 Å². The molecule has 0 radical (unpaired) electrons. The van der Waals surface area contributed by atoms with Gasteiger partial charge in [0, 0.05) is 0 Å². The van der Waals surface area contributed by atoms with Crippen molar-refractivity contribution in [2.24, 2.45) is 17.8 Å². The molecule has 0 spiro atoms. The molecule has 0 amide bonds. The number of hydrogen-bond acceptors (Lipinski definition) is 2. The van der Waals surface area contributed by atoms with Crippen molar-refractivity contribution >= 4 is 5.97 Å². The third-order valence-corrected chi connectivity index (χ3v) is 3.58. The van der Waals surface area contributed by atoms with Crippen LogP contribution < -0.4 is 0 Å². The summed E-state index contributed by atoms with van der Waals surface area (Å²) in [4.78, 5) is 11.3. The Morgan fingerprint density at radius 1 is 1.31 bits per heavy atom. The highest BCUT2D eigenvalue weighted by molar-refractivity contribution is 5.73.